The number of anilines is 1. The second-order valence-electron chi connectivity index (χ2n) is 3.56. The summed E-state index contributed by atoms with van der Waals surface area (Å²) in [6, 6.07) is 2.97. The third kappa shape index (κ3) is 3.36. The van der Waals surface area contributed by atoms with Gasteiger partial charge in [-0.2, -0.15) is 0 Å². The maximum Gasteiger partial charge on any atom is 0.356 e. The van der Waals surface area contributed by atoms with Gasteiger partial charge >= 0.3 is 5.97 Å². The van der Waals surface area contributed by atoms with E-state index >= 15 is 0 Å². The molecular weight excluding hydrogens is 226 g/mol. The Labute approximate surface area is 97.8 Å². The summed E-state index contributed by atoms with van der Waals surface area (Å²) in [5, 5.41) is 19.0. The number of hydrogen-bond acceptors (Lipinski definition) is 6. The van der Waals surface area contributed by atoms with Crippen molar-refractivity contribution in [3.8, 4) is 0 Å². The molecule has 92 valence electrons. The predicted octanol–water partition coefficient (Wildman–Crippen LogP) is 0.00210. The van der Waals surface area contributed by atoms with Gasteiger partial charge in [0.2, 0.25) is 0 Å². The van der Waals surface area contributed by atoms with E-state index in [0.717, 1.165) is 0 Å². The maximum absolute atomic E-state index is 10.6. The molecule has 1 atom stereocenters. The standard InChI is InChI=1S/C10H13N3O4/c14-10(15)8-1-2-9(13-12-8)11-5-7-6-16-3-4-17-7/h1-2,7H,3-6H2,(H,11,13)(H,14,15). The number of carbonyl (C=O) groups is 1. The highest BCUT2D eigenvalue weighted by molar-refractivity contribution is 5.85. The highest BCUT2D eigenvalue weighted by atomic mass is 16.6. The first-order valence-corrected chi connectivity index (χ1v) is 5.26. The summed E-state index contributed by atoms with van der Waals surface area (Å²) in [5.41, 5.74) is -0.0761. The van der Waals surface area contributed by atoms with E-state index in [1.807, 2.05) is 0 Å². The van der Waals surface area contributed by atoms with Crippen LogP contribution in [0.1, 0.15) is 10.5 Å². The number of aromatic carboxylic acids is 1. The zero-order valence-electron chi connectivity index (χ0n) is 9.13. The van der Waals surface area contributed by atoms with E-state index in [1.54, 1.807) is 6.07 Å². The fourth-order valence-electron chi connectivity index (χ4n) is 1.41. The first-order valence-electron chi connectivity index (χ1n) is 5.26. The van der Waals surface area contributed by atoms with Crippen molar-refractivity contribution in [3.05, 3.63) is 17.8 Å². The van der Waals surface area contributed by atoms with Gasteiger partial charge in [-0.1, -0.05) is 0 Å². The SMILES string of the molecule is O=C(O)c1ccc(NCC2COCCO2)nn1. The highest BCUT2D eigenvalue weighted by Crippen LogP contribution is 2.05. The topological polar surface area (TPSA) is 93.6 Å². The molecule has 1 unspecified atom stereocenters. The molecule has 17 heavy (non-hydrogen) atoms. The molecule has 0 radical (unpaired) electrons. The summed E-state index contributed by atoms with van der Waals surface area (Å²) in [4.78, 5) is 10.6. The third-order valence-electron chi connectivity index (χ3n) is 2.28. The fourth-order valence-corrected chi connectivity index (χ4v) is 1.41. The van der Waals surface area contributed by atoms with Crippen molar-refractivity contribution in [2.24, 2.45) is 0 Å². The Bertz CT molecular complexity index is 376. The van der Waals surface area contributed by atoms with E-state index in [4.69, 9.17) is 14.6 Å². The minimum absolute atomic E-state index is 0.00954. The minimum atomic E-state index is -1.09. The largest absolute Gasteiger partial charge is 0.476 e. The molecule has 0 amide bonds. The van der Waals surface area contributed by atoms with Gasteiger partial charge in [0.1, 0.15) is 5.82 Å². The van der Waals surface area contributed by atoms with Crippen LogP contribution in [0.25, 0.3) is 0 Å². The van der Waals surface area contributed by atoms with Crippen molar-refractivity contribution in [1.29, 1.82) is 0 Å². The van der Waals surface area contributed by atoms with E-state index in [0.29, 0.717) is 32.2 Å². The lowest BCUT2D eigenvalue weighted by molar-refractivity contribution is -0.0819. The number of hydrogen-bond donors (Lipinski definition) is 2. The summed E-state index contributed by atoms with van der Waals surface area (Å²) in [7, 11) is 0. The minimum Gasteiger partial charge on any atom is -0.476 e. The molecule has 1 aromatic rings. The van der Waals surface area contributed by atoms with E-state index in [-0.39, 0.29) is 11.8 Å². The molecule has 1 saturated heterocycles. The van der Waals surface area contributed by atoms with Crippen molar-refractivity contribution in [1.82, 2.24) is 10.2 Å². The Morgan fingerprint density at radius 1 is 1.47 bits per heavy atom. The molecule has 0 aliphatic carbocycles. The van der Waals surface area contributed by atoms with Gasteiger partial charge in [0.15, 0.2) is 5.69 Å². The van der Waals surface area contributed by atoms with Crippen molar-refractivity contribution in [2.45, 2.75) is 6.10 Å². The van der Waals surface area contributed by atoms with E-state index in [2.05, 4.69) is 15.5 Å². The lowest BCUT2D eigenvalue weighted by Gasteiger charge is -2.23. The zero-order valence-corrected chi connectivity index (χ0v) is 9.13. The molecule has 0 spiro atoms. The molecule has 0 bridgehead atoms. The molecule has 7 heteroatoms. The Morgan fingerprint density at radius 2 is 2.35 bits per heavy atom. The Morgan fingerprint density at radius 3 is 2.94 bits per heavy atom. The van der Waals surface area contributed by atoms with Crippen LogP contribution >= 0.6 is 0 Å². The number of nitrogens with one attached hydrogen (secondary N) is 1. The summed E-state index contributed by atoms with van der Waals surface area (Å²) in [6.07, 6.45) is -0.00954. The molecule has 2 heterocycles. The van der Waals surface area contributed by atoms with Gasteiger partial charge < -0.3 is 19.9 Å². The van der Waals surface area contributed by atoms with Crippen LogP contribution in [0.4, 0.5) is 5.82 Å². The maximum atomic E-state index is 10.6. The number of carboxylic acids is 1. The molecule has 0 aromatic carbocycles. The second kappa shape index (κ2) is 5.55. The van der Waals surface area contributed by atoms with Gasteiger partial charge in [-0.05, 0) is 12.1 Å². The molecule has 1 aliphatic heterocycles. The number of rotatable bonds is 4. The number of carboxylic acid groups (broad SMARTS) is 1. The number of nitrogens with zero attached hydrogens (tertiary/aromatic N) is 2. The second-order valence-corrected chi connectivity index (χ2v) is 3.56. The zero-order chi connectivity index (χ0) is 12.1. The summed E-state index contributed by atoms with van der Waals surface area (Å²) in [5.74, 6) is -0.572. The molecule has 2 N–H and O–H groups in total. The first-order chi connectivity index (χ1) is 8.25. The third-order valence-corrected chi connectivity index (χ3v) is 2.28. The van der Waals surface area contributed by atoms with Crippen molar-refractivity contribution in [2.75, 3.05) is 31.7 Å². The Hall–Kier alpha value is -1.73. The fraction of sp³-hybridized carbons (Fsp3) is 0.500. The molecule has 2 rings (SSSR count). The van der Waals surface area contributed by atoms with Crippen LogP contribution in [0, 0.1) is 0 Å². The van der Waals surface area contributed by atoms with Crippen molar-refractivity contribution in [3.63, 3.8) is 0 Å². The molecule has 1 aromatic heterocycles. The first kappa shape index (κ1) is 11.7. The Balaban J connectivity index is 1.84. The van der Waals surface area contributed by atoms with Crippen molar-refractivity contribution >= 4 is 11.8 Å². The Kier molecular flexibility index (Phi) is 3.84. The molecule has 1 fully saturated rings. The van der Waals surface area contributed by atoms with Gasteiger partial charge in [0.25, 0.3) is 0 Å². The lowest BCUT2D eigenvalue weighted by Crippen LogP contribution is -2.34. The van der Waals surface area contributed by atoms with Crippen LogP contribution in [0.2, 0.25) is 0 Å². The number of aromatic nitrogens is 2. The van der Waals surface area contributed by atoms with Crippen molar-refractivity contribution < 1.29 is 19.4 Å². The quantitative estimate of drug-likeness (QED) is 0.763. The van der Waals surface area contributed by atoms with Gasteiger partial charge in [-0.25, -0.2) is 4.79 Å². The smallest absolute Gasteiger partial charge is 0.356 e. The van der Waals surface area contributed by atoms with Crippen LogP contribution < -0.4 is 5.32 Å². The molecule has 0 saturated carbocycles. The summed E-state index contributed by atoms with van der Waals surface area (Å²) < 4.78 is 10.7. The lowest BCUT2D eigenvalue weighted by atomic mass is 10.3. The number of ether oxygens (including phenoxy) is 2. The van der Waals surface area contributed by atoms with Gasteiger partial charge in [-0.15, -0.1) is 10.2 Å². The summed E-state index contributed by atoms with van der Waals surface area (Å²) >= 11 is 0. The predicted molar refractivity (Wildman–Crippen MR) is 58.0 cm³/mol. The average molecular weight is 239 g/mol. The molecular formula is C10H13N3O4. The monoisotopic (exact) mass is 239 g/mol. The molecule has 7 nitrogen and oxygen atoms in total. The summed E-state index contributed by atoms with van der Waals surface area (Å²) in [6.45, 7) is 2.33. The van der Waals surface area contributed by atoms with E-state index in [1.165, 1.54) is 6.07 Å². The average Bonchev–Trinajstić information content (AvgIpc) is 2.38. The normalized spacial score (nSPS) is 19.9. The van der Waals surface area contributed by atoms with Crippen LogP contribution in [-0.4, -0.2) is 53.7 Å². The van der Waals surface area contributed by atoms with Gasteiger partial charge in [0, 0.05) is 6.54 Å². The van der Waals surface area contributed by atoms with E-state index < -0.39 is 5.97 Å². The van der Waals surface area contributed by atoms with Crippen LogP contribution in [0.15, 0.2) is 12.1 Å². The molecule has 1 aliphatic rings. The van der Waals surface area contributed by atoms with Crippen LogP contribution in [0.5, 0.6) is 0 Å². The van der Waals surface area contributed by atoms with Crippen LogP contribution in [0.3, 0.4) is 0 Å². The highest BCUT2D eigenvalue weighted by Gasteiger charge is 2.14. The van der Waals surface area contributed by atoms with Gasteiger partial charge in [-0.3, -0.25) is 0 Å². The van der Waals surface area contributed by atoms with E-state index in [9.17, 15) is 4.79 Å². The van der Waals surface area contributed by atoms with Gasteiger partial charge in [0.05, 0.1) is 25.9 Å². The van der Waals surface area contributed by atoms with Crippen LogP contribution in [-0.2, 0) is 9.47 Å².